The Labute approximate surface area is 226 Å². The first-order valence-corrected chi connectivity index (χ1v) is 12.8. The molecule has 2 bridgehead atoms. The van der Waals surface area contributed by atoms with Crippen LogP contribution < -0.4 is 25.1 Å². The number of methoxy groups -OCH3 is 3. The quantitative estimate of drug-likeness (QED) is 0.472. The Balaban J connectivity index is 1.51. The number of benzene rings is 2. The van der Waals surface area contributed by atoms with E-state index in [0.29, 0.717) is 48.0 Å². The van der Waals surface area contributed by atoms with Crippen LogP contribution in [-0.2, 0) is 11.3 Å². The van der Waals surface area contributed by atoms with Crippen molar-refractivity contribution in [1.82, 2.24) is 14.8 Å². The van der Waals surface area contributed by atoms with Crippen LogP contribution in [0.15, 0.2) is 71.2 Å². The van der Waals surface area contributed by atoms with Crippen molar-refractivity contribution in [1.29, 1.82) is 0 Å². The minimum Gasteiger partial charge on any atom is -0.493 e. The predicted octanol–water partition coefficient (Wildman–Crippen LogP) is 3.29. The minimum atomic E-state index is -0.392. The molecular formula is C30H31N3O6. The highest BCUT2D eigenvalue weighted by Crippen LogP contribution is 2.39. The van der Waals surface area contributed by atoms with Crippen molar-refractivity contribution >= 4 is 17.9 Å². The normalized spacial score (nSPS) is 18.1. The lowest BCUT2D eigenvalue weighted by molar-refractivity contribution is -0.130. The Morgan fingerprint density at radius 2 is 1.62 bits per heavy atom. The molecule has 0 spiro atoms. The van der Waals surface area contributed by atoms with Crippen LogP contribution in [0, 0.1) is 5.92 Å². The molecule has 9 heteroatoms. The summed E-state index contributed by atoms with van der Waals surface area (Å²) in [6.45, 7) is 1.51. The standard InChI is InChI=1S/C30H31N3O6/c1-37-25-14-19(15-26(38-2)28(25)39-3)13-23(31-29(35)21-8-5-4-6-9-21)30(36)32-16-20-12-22(18-32)24-10-7-11-27(34)33(24)17-20/h4-11,13-15,20,22H,12,16-18H2,1-3H3,(H,31,35)/b23-13-. The van der Waals surface area contributed by atoms with Gasteiger partial charge in [0, 0.05) is 42.9 Å². The fraction of sp³-hybridized carbons (Fsp3) is 0.300. The van der Waals surface area contributed by atoms with Gasteiger partial charge in [0.2, 0.25) is 5.75 Å². The molecule has 1 aromatic heterocycles. The van der Waals surface area contributed by atoms with E-state index in [2.05, 4.69) is 5.32 Å². The first-order valence-electron chi connectivity index (χ1n) is 12.8. The van der Waals surface area contributed by atoms with Crippen molar-refractivity contribution in [2.24, 2.45) is 5.92 Å². The first kappa shape index (κ1) is 26.1. The molecule has 1 saturated heterocycles. The average molecular weight is 530 g/mol. The molecule has 2 aliphatic rings. The summed E-state index contributed by atoms with van der Waals surface area (Å²) in [5.41, 5.74) is 2.09. The first-order chi connectivity index (χ1) is 18.9. The number of likely N-dealkylation sites (tertiary alicyclic amines) is 1. The van der Waals surface area contributed by atoms with Crippen LogP contribution in [0.2, 0.25) is 0 Å². The summed E-state index contributed by atoms with van der Waals surface area (Å²) >= 11 is 0. The van der Waals surface area contributed by atoms with Crippen molar-refractivity contribution in [3.63, 3.8) is 0 Å². The summed E-state index contributed by atoms with van der Waals surface area (Å²) in [5.74, 6) is 0.787. The number of rotatable bonds is 7. The van der Waals surface area contributed by atoms with Crippen molar-refractivity contribution in [3.8, 4) is 17.2 Å². The lowest BCUT2D eigenvalue weighted by Gasteiger charge is -2.43. The van der Waals surface area contributed by atoms with Gasteiger partial charge in [-0.3, -0.25) is 14.4 Å². The highest BCUT2D eigenvalue weighted by molar-refractivity contribution is 6.05. The van der Waals surface area contributed by atoms with Gasteiger partial charge in [0.25, 0.3) is 17.4 Å². The topological polar surface area (TPSA) is 99.1 Å². The van der Waals surface area contributed by atoms with Gasteiger partial charge in [-0.15, -0.1) is 0 Å². The van der Waals surface area contributed by atoms with E-state index in [-0.39, 0.29) is 29.0 Å². The highest BCUT2D eigenvalue weighted by atomic mass is 16.5. The third kappa shape index (κ3) is 5.25. The molecule has 202 valence electrons. The van der Waals surface area contributed by atoms with Gasteiger partial charge in [-0.25, -0.2) is 0 Å². The number of nitrogens with zero attached hydrogens (tertiary/aromatic N) is 2. The smallest absolute Gasteiger partial charge is 0.270 e. The molecule has 2 atom stereocenters. The number of ether oxygens (including phenoxy) is 3. The molecule has 1 fully saturated rings. The number of hydrogen-bond acceptors (Lipinski definition) is 6. The number of aromatic nitrogens is 1. The van der Waals surface area contributed by atoms with Gasteiger partial charge in [-0.05, 0) is 54.3 Å². The molecule has 2 aliphatic heterocycles. The van der Waals surface area contributed by atoms with Crippen LogP contribution in [0.4, 0.5) is 0 Å². The number of nitrogens with one attached hydrogen (secondary N) is 1. The summed E-state index contributed by atoms with van der Waals surface area (Å²) in [6.07, 6.45) is 2.53. The maximum absolute atomic E-state index is 14.0. The van der Waals surface area contributed by atoms with E-state index in [1.807, 2.05) is 16.7 Å². The van der Waals surface area contributed by atoms with Crippen LogP contribution in [-0.4, -0.2) is 55.7 Å². The van der Waals surface area contributed by atoms with Crippen LogP contribution >= 0.6 is 0 Å². The summed E-state index contributed by atoms with van der Waals surface area (Å²) in [5, 5.41) is 2.84. The molecule has 3 aromatic rings. The Kier molecular flexibility index (Phi) is 7.40. The summed E-state index contributed by atoms with van der Waals surface area (Å²) in [7, 11) is 4.55. The van der Waals surface area contributed by atoms with Crippen molar-refractivity contribution in [2.75, 3.05) is 34.4 Å². The molecule has 9 nitrogen and oxygen atoms in total. The van der Waals surface area contributed by atoms with E-state index < -0.39 is 5.91 Å². The van der Waals surface area contributed by atoms with E-state index in [0.717, 1.165) is 12.1 Å². The Hall–Kier alpha value is -4.53. The van der Waals surface area contributed by atoms with Gasteiger partial charge in [0.05, 0.1) is 21.3 Å². The van der Waals surface area contributed by atoms with Crippen LogP contribution in [0.3, 0.4) is 0 Å². The maximum Gasteiger partial charge on any atom is 0.270 e. The van der Waals surface area contributed by atoms with Gasteiger partial charge in [-0.1, -0.05) is 24.3 Å². The number of fused-ring (bicyclic) bond motifs is 4. The molecule has 2 aromatic carbocycles. The van der Waals surface area contributed by atoms with E-state index >= 15 is 0 Å². The average Bonchev–Trinajstić information content (AvgIpc) is 2.96. The van der Waals surface area contributed by atoms with Crippen LogP contribution in [0.5, 0.6) is 17.2 Å². The largest absolute Gasteiger partial charge is 0.493 e. The zero-order valence-electron chi connectivity index (χ0n) is 22.2. The second-order valence-electron chi connectivity index (χ2n) is 9.75. The molecular weight excluding hydrogens is 498 g/mol. The molecule has 0 saturated carbocycles. The Morgan fingerprint density at radius 1 is 0.897 bits per heavy atom. The molecule has 2 unspecified atom stereocenters. The van der Waals surface area contributed by atoms with E-state index in [4.69, 9.17) is 14.2 Å². The fourth-order valence-electron chi connectivity index (χ4n) is 5.52. The van der Waals surface area contributed by atoms with Gasteiger partial charge >= 0.3 is 0 Å². The van der Waals surface area contributed by atoms with Crippen molar-refractivity contribution < 1.29 is 23.8 Å². The Bertz CT molecular complexity index is 1450. The lowest BCUT2D eigenvalue weighted by Crippen LogP contribution is -2.50. The minimum absolute atomic E-state index is 0.0138. The van der Waals surface area contributed by atoms with E-state index in [1.165, 1.54) is 21.3 Å². The second kappa shape index (κ2) is 11.1. The molecule has 0 aliphatic carbocycles. The van der Waals surface area contributed by atoms with Crippen molar-refractivity contribution in [2.45, 2.75) is 18.9 Å². The number of piperidine rings is 1. The van der Waals surface area contributed by atoms with Crippen LogP contribution in [0.25, 0.3) is 6.08 Å². The molecule has 39 heavy (non-hydrogen) atoms. The maximum atomic E-state index is 14.0. The van der Waals surface area contributed by atoms with Gasteiger partial charge < -0.3 is 29.0 Å². The molecule has 3 heterocycles. The zero-order chi connectivity index (χ0) is 27.5. The molecule has 1 N–H and O–H groups in total. The van der Waals surface area contributed by atoms with Gasteiger partial charge in [0.15, 0.2) is 11.5 Å². The third-order valence-electron chi connectivity index (χ3n) is 7.28. The van der Waals surface area contributed by atoms with Crippen LogP contribution in [0.1, 0.15) is 34.0 Å². The third-order valence-corrected chi connectivity index (χ3v) is 7.28. The summed E-state index contributed by atoms with van der Waals surface area (Å²) in [6, 6.07) is 17.5. The van der Waals surface area contributed by atoms with Gasteiger partial charge in [-0.2, -0.15) is 0 Å². The second-order valence-corrected chi connectivity index (χ2v) is 9.75. The fourth-order valence-corrected chi connectivity index (χ4v) is 5.52. The SMILES string of the molecule is COc1cc(/C=C(\NC(=O)c2ccccc2)C(=O)N2CC3CC(C2)c2cccc(=O)n2C3)cc(OC)c1OC. The summed E-state index contributed by atoms with van der Waals surface area (Å²) in [4.78, 5) is 41.3. The molecule has 5 rings (SSSR count). The number of pyridine rings is 1. The highest BCUT2D eigenvalue weighted by Gasteiger charge is 2.37. The predicted molar refractivity (Wildman–Crippen MR) is 146 cm³/mol. The Morgan fingerprint density at radius 3 is 2.28 bits per heavy atom. The molecule has 0 radical (unpaired) electrons. The number of carbonyl (C=O) groups is 2. The van der Waals surface area contributed by atoms with Crippen molar-refractivity contribution in [3.05, 3.63) is 93.5 Å². The number of carbonyl (C=O) groups excluding carboxylic acids is 2. The lowest BCUT2D eigenvalue weighted by atomic mass is 9.83. The molecule has 2 amide bonds. The van der Waals surface area contributed by atoms with Gasteiger partial charge in [0.1, 0.15) is 5.70 Å². The van der Waals surface area contributed by atoms with E-state index in [1.54, 1.807) is 59.5 Å². The zero-order valence-corrected chi connectivity index (χ0v) is 22.2. The number of hydrogen-bond donors (Lipinski definition) is 1. The summed E-state index contributed by atoms with van der Waals surface area (Å²) < 4.78 is 18.2. The number of amides is 2. The van der Waals surface area contributed by atoms with E-state index in [9.17, 15) is 14.4 Å². The monoisotopic (exact) mass is 529 g/mol.